The fourth-order valence-electron chi connectivity index (χ4n) is 1.01. The average Bonchev–Trinajstić information content (AvgIpc) is 2.42. The molecule has 0 aliphatic carbocycles. The summed E-state index contributed by atoms with van der Waals surface area (Å²) in [5.41, 5.74) is 0. The maximum atomic E-state index is 10.9. The zero-order chi connectivity index (χ0) is 12.5. The van der Waals surface area contributed by atoms with Crippen LogP contribution in [0.3, 0.4) is 0 Å². The Kier molecular flexibility index (Phi) is 10.0. The molecule has 0 aromatic rings. The van der Waals surface area contributed by atoms with Crippen molar-refractivity contribution in [1.29, 1.82) is 0 Å². The largest absolute Gasteiger partial charge is 2.00 e. The number of carbonyl (C=O) groups is 1. The minimum Gasteiger partial charge on any atom is -0.780 e. The molecule has 12 heteroatoms. The van der Waals surface area contributed by atoms with Crippen molar-refractivity contribution in [3.63, 3.8) is 0 Å². The first-order valence-electron chi connectivity index (χ1n) is 3.91. The molecule has 1 rings (SSSR count). The van der Waals surface area contributed by atoms with Gasteiger partial charge in [-0.25, -0.2) is 4.79 Å². The molecule has 0 saturated carbocycles. The van der Waals surface area contributed by atoms with Crippen molar-refractivity contribution in [2.45, 2.75) is 12.2 Å². The number of carbonyl (C=O) groups excluding carboxylic acids is 1. The Morgan fingerprint density at radius 1 is 1.50 bits per heavy atom. The van der Waals surface area contributed by atoms with E-state index in [1.807, 2.05) is 0 Å². The van der Waals surface area contributed by atoms with Crippen LogP contribution in [0.5, 0.6) is 0 Å². The molecule has 1 aliphatic rings. The number of hydrogen-bond donors (Lipinski definition) is 3. The van der Waals surface area contributed by atoms with Gasteiger partial charge >= 0.3 is 73.3 Å². The minimum atomic E-state index is -5.52. The molecule has 92 valence electrons. The zero-order valence-corrected chi connectivity index (χ0v) is 14.4. The van der Waals surface area contributed by atoms with Gasteiger partial charge < -0.3 is 38.9 Å². The van der Waals surface area contributed by atoms with Crippen LogP contribution in [0.1, 0.15) is 0 Å². The minimum absolute atomic E-state index is 0. The Bertz CT molecular complexity index is 379. The van der Waals surface area contributed by atoms with Crippen molar-refractivity contribution in [2.24, 2.45) is 0 Å². The van der Waals surface area contributed by atoms with E-state index >= 15 is 0 Å². The zero-order valence-electron chi connectivity index (χ0n) is 9.31. The third-order valence-corrected chi connectivity index (χ3v) is 2.07. The molecule has 3 N–H and O–H groups in total. The van der Waals surface area contributed by atoms with E-state index in [1.165, 1.54) is 0 Å². The Morgan fingerprint density at radius 2 is 2.00 bits per heavy atom. The van der Waals surface area contributed by atoms with Gasteiger partial charge in [-0.1, -0.05) is 0 Å². The Morgan fingerprint density at radius 3 is 2.39 bits per heavy atom. The predicted octanol–water partition coefficient (Wildman–Crippen LogP) is -6.50. The van der Waals surface area contributed by atoms with Crippen LogP contribution in [0.15, 0.2) is 11.5 Å². The van der Waals surface area contributed by atoms with E-state index in [9.17, 15) is 24.3 Å². The van der Waals surface area contributed by atoms with Gasteiger partial charge in [0.15, 0.2) is 11.9 Å². The molecule has 18 heavy (non-hydrogen) atoms. The summed E-state index contributed by atoms with van der Waals surface area (Å²) in [5.74, 6) is -3.67. The first-order chi connectivity index (χ1) is 7.26. The Labute approximate surface area is 153 Å². The molecule has 2 atom stereocenters. The molecule has 0 amide bonds. The van der Waals surface area contributed by atoms with Crippen molar-refractivity contribution in [1.82, 2.24) is 0 Å². The van der Waals surface area contributed by atoms with Crippen molar-refractivity contribution >= 4 is 51.5 Å². The smallest absolute Gasteiger partial charge is 0.780 e. The molecule has 0 aromatic carbocycles. The summed E-state index contributed by atoms with van der Waals surface area (Å²) < 4.78 is 18.2. The Hall–Kier alpha value is 1.14. The molecule has 0 bridgehead atoms. The molecule has 1 aliphatic heterocycles. The van der Waals surface area contributed by atoms with Crippen LogP contribution in [0.25, 0.3) is 0 Å². The second kappa shape index (κ2) is 8.43. The normalized spacial score (nSPS) is 20.7. The molecule has 0 spiro atoms. The van der Waals surface area contributed by atoms with E-state index in [0.717, 1.165) is 0 Å². The van der Waals surface area contributed by atoms with Gasteiger partial charge in [-0.3, -0.25) is 0 Å². The van der Waals surface area contributed by atoms with Crippen LogP contribution in [0.4, 0.5) is 0 Å². The van der Waals surface area contributed by atoms with Gasteiger partial charge in [0, 0.05) is 0 Å². The molecule has 0 aromatic heterocycles. The number of esters is 1. The van der Waals surface area contributed by atoms with Gasteiger partial charge in [0.25, 0.3) is 5.76 Å². The fraction of sp³-hybridized carbons (Fsp3) is 0.500. The number of ether oxygens (including phenoxy) is 1. The number of phosphoric acid groups is 1. The third kappa shape index (κ3) is 5.64. The quantitative estimate of drug-likeness (QED) is 0.260. The van der Waals surface area contributed by atoms with Gasteiger partial charge in [0.05, 0.1) is 6.61 Å². The SMILES string of the molecule is O=C1O[C@H]([C@@H](O)CO)C(O)=C1OP(=O)([O-])[O-].[Ca+2].[Na+]. The summed E-state index contributed by atoms with van der Waals surface area (Å²) in [6.45, 7) is -0.846. The molecule has 0 fully saturated rings. The summed E-state index contributed by atoms with van der Waals surface area (Å²) in [4.78, 5) is 31.4. The summed E-state index contributed by atoms with van der Waals surface area (Å²) >= 11 is 0. The second-order valence-corrected chi connectivity index (χ2v) is 3.91. The topological polar surface area (TPSA) is 159 Å². The molecule has 1 heterocycles. The predicted molar refractivity (Wildman–Crippen MR) is 47.1 cm³/mol. The van der Waals surface area contributed by atoms with Crippen molar-refractivity contribution in [3.05, 3.63) is 11.5 Å². The number of rotatable bonds is 4. The summed E-state index contributed by atoms with van der Waals surface area (Å²) in [7, 11) is -5.52. The van der Waals surface area contributed by atoms with Crippen LogP contribution in [-0.4, -0.2) is 77.8 Å². The first-order valence-corrected chi connectivity index (χ1v) is 5.37. The number of aliphatic hydroxyl groups is 3. The molecule has 0 unspecified atom stereocenters. The summed E-state index contributed by atoms with van der Waals surface area (Å²) in [6, 6.07) is 0. The summed E-state index contributed by atoms with van der Waals surface area (Å²) in [5, 5.41) is 26.8. The van der Waals surface area contributed by atoms with E-state index in [4.69, 9.17) is 10.2 Å². The van der Waals surface area contributed by atoms with Crippen molar-refractivity contribution in [2.75, 3.05) is 6.61 Å². The van der Waals surface area contributed by atoms with E-state index in [1.54, 1.807) is 0 Å². The number of aliphatic hydroxyl groups excluding tert-OH is 3. The van der Waals surface area contributed by atoms with E-state index in [0.29, 0.717) is 0 Å². The maximum absolute atomic E-state index is 10.9. The molecule has 9 nitrogen and oxygen atoms in total. The van der Waals surface area contributed by atoms with E-state index in [2.05, 4.69) is 9.26 Å². The van der Waals surface area contributed by atoms with Crippen LogP contribution >= 0.6 is 7.82 Å². The fourth-order valence-corrected chi connectivity index (χ4v) is 1.40. The van der Waals surface area contributed by atoms with Crippen LogP contribution in [0.2, 0.25) is 0 Å². The first kappa shape index (κ1) is 21.4. The standard InChI is InChI=1S/C6H9O9P.Ca.Na/c7-1-2(8)4-3(9)5(6(10)14-4)15-16(11,12)13;;/h2,4,7-9H,1H2,(H2,11,12,13);;/q;+2;+1/p-2/t2-,4+;;/m0../s1. The second-order valence-electron chi connectivity index (χ2n) is 2.83. The monoisotopic (exact) mass is 317 g/mol. The number of hydrogen-bond acceptors (Lipinski definition) is 9. The molecule has 0 radical (unpaired) electrons. The molecular weight excluding hydrogens is 310 g/mol. The van der Waals surface area contributed by atoms with Crippen LogP contribution < -0.4 is 39.3 Å². The Balaban J connectivity index is 0. The average molecular weight is 317 g/mol. The maximum Gasteiger partial charge on any atom is 2.00 e. The van der Waals surface area contributed by atoms with Crippen molar-refractivity contribution < 1.29 is 73.3 Å². The van der Waals surface area contributed by atoms with Crippen LogP contribution in [0, 0.1) is 0 Å². The summed E-state index contributed by atoms with van der Waals surface area (Å²) in [6.07, 6.45) is -3.30. The molecular formula is C6H7CaNaO9P+. The van der Waals surface area contributed by atoms with Gasteiger partial charge in [-0.05, 0) is 0 Å². The van der Waals surface area contributed by atoms with E-state index in [-0.39, 0.29) is 67.3 Å². The van der Waals surface area contributed by atoms with Gasteiger partial charge in [0.1, 0.15) is 13.9 Å². The third-order valence-electron chi connectivity index (χ3n) is 1.66. The molecule has 0 saturated heterocycles. The van der Waals surface area contributed by atoms with Crippen LogP contribution in [-0.2, 0) is 18.6 Å². The number of phosphoric ester groups is 1. The van der Waals surface area contributed by atoms with Gasteiger partial charge in [-0.2, -0.15) is 0 Å². The van der Waals surface area contributed by atoms with Crippen molar-refractivity contribution in [3.8, 4) is 0 Å². The number of cyclic esters (lactones) is 1. The van der Waals surface area contributed by atoms with E-state index < -0.39 is 44.1 Å². The van der Waals surface area contributed by atoms with Gasteiger partial charge in [-0.15, -0.1) is 0 Å². The van der Waals surface area contributed by atoms with Gasteiger partial charge in [0.2, 0.25) is 0 Å².